The first kappa shape index (κ1) is 20.1. The highest BCUT2D eigenvalue weighted by atomic mass is 16.2. The van der Waals surface area contributed by atoms with Gasteiger partial charge in [0.1, 0.15) is 0 Å². The molecule has 1 fully saturated rings. The number of imide groups is 1. The molecule has 0 aromatic heterocycles. The molecule has 1 atom stereocenters. The van der Waals surface area contributed by atoms with Gasteiger partial charge in [-0.1, -0.05) is 49.4 Å². The van der Waals surface area contributed by atoms with E-state index in [1.165, 1.54) is 5.56 Å². The summed E-state index contributed by atoms with van der Waals surface area (Å²) in [5, 5.41) is 5.14. The van der Waals surface area contributed by atoms with Gasteiger partial charge in [-0.3, -0.25) is 19.9 Å². The molecule has 2 N–H and O–H groups in total. The lowest BCUT2D eigenvalue weighted by molar-refractivity contribution is -0.121. The number of rotatable bonds is 7. The molecule has 0 radical (unpaired) electrons. The van der Waals surface area contributed by atoms with Crippen LogP contribution in [0.3, 0.4) is 0 Å². The fourth-order valence-electron chi connectivity index (χ4n) is 2.76. The Bertz CT molecular complexity index is 595. The van der Waals surface area contributed by atoms with Crippen molar-refractivity contribution >= 4 is 18.0 Å². The highest BCUT2D eigenvalue weighted by Gasteiger charge is 2.19. The second kappa shape index (κ2) is 10.7. The minimum atomic E-state index is -0.408. The van der Waals surface area contributed by atoms with E-state index in [1.807, 2.05) is 32.0 Å². The van der Waals surface area contributed by atoms with E-state index in [0.29, 0.717) is 0 Å². The molecule has 1 saturated heterocycles. The zero-order valence-corrected chi connectivity index (χ0v) is 15.8. The SMILES string of the molecule is CC[C@@H](C)NC(=O)NC(=O)CN1CCN(C/C=C/c2ccccc2)CC1. The lowest BCUT2D eigenvalue weighted by Gasteiger charge is -2.33. The molecule has 1 aromatic carbocycles. The predicted octanol–water partition coefficient (Wildman–Crippen LogP) is 1.94. The van der Waals surface area contributed by atoms with Gasteiger partial charge < -0.3 is 5.32 Å². The Hall–Kier alpha value is -2.18. The summed E-state index contributed by atoms with van der Waals surface area (Å²) in [5.41, 5.74) is 1.21. The van der Waals surface area contributed by atoms with Crippen molar-refractivity contribution in [1.82, 2.24) is 20.4 Å². The lowest BCUT2D eigenvalue weighted by Crippen LogP contribution is -2.51. The van der Waals surface area contributed by atoms with E-state index in [0.717, 1.165) is 39.1 Å². The number of amides is 3. The van der Waals surface area contributed by atoms with E-state index >= 15 is 0 Å². The average Bonchev–Trinajstić information content (AvgIpc) is 2.63. The fourth-order valence-corrected chi connectivity index (χ4v) is 2.76. The molecular weight excluding hydrogens is 328 g/mol. The molecule has 3 amide bonds. The van der Waals surface area contributed by atoms with Gasteiger partial charge in [0.15, 0.2) is 0 Å². The molecule has 26 heavy (non-hydrogen) atoms. The third-order valence-corrected chi connectivity index (χ3v) is 4.55. The standard InChI is InChI=1S/C20H30N4O2/c1-3-17(2)21-20(26)22-19(25)16-24-14-12-23(13-15-24)11-7-10-18-8-5-4-6-9-18/h4-10,17H,3,11-16H2,1-2H3,(H2,21,22,25,26)/b10-7+/t17-/m1/s1. The van der Waals surface area contributed by atoms with Crippen LogP contribution in [-0.2, 0) is 4.79 Å². The summed E-state index contributed by atoms with van der Waals surface area (Å²) < 4.78 is 0. The third-order valence-electron chi connectivity index (χ3n) is 4.55. The Morgan fingerprint density at radius 1 is 1.12 bits per heavy atom. The lowest BCUT2D eigenvalue weighted by atomic mass is 10.2. The Labute approximate surface area is 156 Å². The molecule has 0 saturated carbocycles. The first-order valence-corrected chi connectivity index (χ1v) is 9.33. The number of carbonyl (C=O) groups excluding carboxylic acids is 2. The van der Waals surface area contributed by atoms with Gasteiger partial charge in [-0.05, 0) is 18.9 Å². The Balaban J connectivity index is 1.64. The molecular formula is C20H30N4O2. The van der Waals surface area contributed by atoms with Crippen molar-refractivity contribution in [1.29, 1.82) is 0 Å². The van der Waals surface area contributed by atoms with Crippen molar-refractivity contribution in [2.75, 3.05) is 39.3 Å². The summed E-state index contributed by atoms with van der Waals surface area (Å²) in [6.45, 7) is 8.58. The molecule has 0 aliphatic carbocycles. The number of hydrogen-bond acceptors (Lipinski definition) is 4. The van der Waals surface area contributed by atoms with Crippen molar-refractivity contribution in [3.05, 3.63) is 42.0 Å². The van der Waals surface area contributed by atoms with Crippen LogP contribution in [0.4, 0.5) is 4.79 Å². The Kier molecular flexibility index (Phi) is 8.31. The molecule has 2 rings (SSSR count). The third kappa shape index (κ3) is 7.37. The second-order valence-corrected chi connectivity index (χ2v) is 6.72. The van der Waals surface area contributed by atoms with E-state index in [-0.39, 0.29) is 18.5 Å². The molecule has 6 heteroatoms. The maximum atomic E-state index is 12.0. The first-order chi connectivity index (χ1) is 12.6. The van der Waals surface area contributed by atoms with Crippen LogP contribution < -0.4 is 10.6 Å². The maximum Gasteiger partial charge on any atom is 0.321 e. The van der Waals surface area contributed by atoms with Gasteiger partial charge in [-0.15, -0.1) is 0 Å². The van der Waals surface area contributed by atoms with Crippen LogP contribution in [0.15, 0.2) is 36.4 Å². The highest BCUT2D eigenvalue weighted by molar-refractivity contribution is 5.95. The molecule has 0 unspecified atom stereocenters. The summed E-state index contributed by atoms with van der Waals surface area (Å²) in [4.78, 5) is 28.1. The van der Waals surface area contributed by atoms with Gasteiger partial charge in [0.2, 0.25) is 5.91 Å². The fraction of sp³-hybridized carbons (Fsp3) is 0.500. The molecule has 1 aliphatic rings. The number of hydrogen-bond donors (Lipinski definition) is 2. The zero-order valence-electron chi connectivity index (χ0n) is 15.8. The van der Waals surface area contributed by atoms with Crippen molar-refractivity contribution in [2.45, 2.75) is 26.3 Å². The zero-order chi connectivity index (χ0) is 18.8. The molecule has 142 valence electrons. The van der Waals surface area contributed by atoms with Gasteiger partial charge in [-0.25, -0.2) is 4.79 Å². The van der Waals surface area contributed by atoms with E-state index in [4.69, 9.17) is 0 Å². The van der Waals surface area contributed by atoms with Crippen molar-refractivity contribution < 1.29 is 9.59 Å². The minimum absolute atomic E-state index is 0.0651. The van der Waals surface area contributed by atoms with E-state index in [1.54, 1.807) is 0 Å². The summed E-state index contributed by atoms with van der Waals surface area (Å²) in [6.07, 6.45) is 5.15. The predicted molar refractivity (Wildman–Crippen MR) is 105 cm³/mol. The van der Waals surface area contributed by atoms with Gasteiger partial charge in [0.25, 0.3) is 0 Å². The molecule has 6 nitrogen and oxygen atoms in total. The monoisotopic (exact) mass is 358 g/mol. The molecule has 1 aromatic rings. The normalized spacial score (nSPS) is 17.2. The van der Waals surface area contributed by atoms with Crippen LogP contribution in [0.2, 0.25) is 0 Å². The number of nitrogens with zero attached hydrogens (tertiary/aromatic N) is 2. The quantitative estimate of drug-likeness (QED) is 0.782. The molecule has 0 spiro atoms. The summed E-state index contributed by atoms with van der Waals surface area (Å²) in [5.74, 6) is -0.247. The Morgan fingerprint density at radius 3 is 2.42 bits per heavy atom. The van der Waals surface area contributed by atoms with Crippen LogP contribution in [0.1, 0.15) is 25.8 Å². The van der Waals surface area contributed by atoms with Crippen molar-refractivity contribution in [3.63, 3.8) is 0 Å². The highest BCUT2D eigenvalue weighted by Crippen LogP contribution is 2.04. The van der Waals surface area contributed by atoms with Gasteiger partial charge in [0, 0.05) is 38.8 Å². The number of urea groups is 1. The van der Waals surface area contributed by atoms with Crippen LogP contribution in [0, 0.1) is 0 Å². The number of carbonyl (C=O) groups is 2. The van der Waals surface area contributed by atoms with Crippen LogP contribution in [0.25, 0.3) is 6.08 Å². The summed E-state index contributed by atoms with van der Waals surface area (Å²) in [7, 11) is 0. The second-order valence-electron chi connectivity index (χ2n) is 6.72. The molecule has 1 heterocycles. The van der Waals surface area contributed by atoms with Gasteiger partial charge in [-0.2, -0.15) is 0 Å². The summed E-state index contributed by atoms with van der Waals surface area (Å²) in [6, 6.07) is 9.92. The van der Waals surface area contributed by atoms with E-state index in [2.05, 4.69) is 44.7 Å². The van der Waals surface area contributed by atoms with Crippen molar-refractivity contribution in [2.24, 2.45) is 0 Å². The van der Waals surface area contributed by atoms with Gasteiger partial charge >= 0.3 is 6.03 Å². The smallest absolute Gasteiger partial charge is 0.321 e. The molecule has 0 bridgehead atoms. The molecule has 1 aliphatic heterocycles. The van der Waals surface area contributed by atoms with Crippen LogP contribution in [-0.4, -0.2) is 67.0 Å². The van der Waals surface area contributed by atoms with Crippen molar-refractivity contribution in [3.8, 4) is 0 Å². The minimum Gasteiger partial charge on any atom is -0.335 e. The number of piperazine rings is 1. The van der Waals surface area contributed by atoms with E-state index < -0.39 is 6.03 Å². The first-order valence-electron chi connectivity index (χ1n) is 9.33. The summed E-state index contributed by atoms with van der Waals surface area (Å²) >= 11 is 0. The topological polar surface area (TPSA) is 64.7 Å². The Morgan fingerprint density at radius 2 is 1.77 bits per heavy atom. The number of nitrogens with one attached hydrogen (secondary N) is 2. The van der Waals surface area contributed by atoms with Crippen LogP contribution in [0.5, 0.6) is 0 Å². The average molecular weight is 358 g/mol. The van der Waals surface area contributed by atoms with E-state index in [9.17, 15) is 9.59 Å². The largest absolute Gasteiger partial charge is 0.335 e. The maximum absolute atomic E-state index is 12.0. The van der Waals surface area contributed by atoms with Gasteiger partial charge in [0.05, 0.1) is 6.54 Å². The van der Waals surface area contributed by atoms with Crippen LogP contribution >= 0.6 is 0 Å². The number of benzene rings is 1.